The van der Waals surface area contributed by atoms with Crippen molar-refractivity contribution in [2.24, 2.45) is 0 Å². The lowest BCUT2D eigenvalue weighted by molar-refractivity contribution is -0.119. The van der Waals surface area contributed by atoms with Gasteiger partial charge in [0.2, 0.25) is 5.91 Å². The molecular formula is C22H22N4O4. The van der Waals surface area contributed by atoms with E-state index in [1.807, 2.05) is 30.3 Å². The zero-order valence-corrected chi connectivity index (χ0v) is 16.5. The molecule has 2 amide bonds. The first-order chi connectivity index (χ1) is 14.5. The smallest absolute Gasteiger partial charge is 0.276 e. The van der Waals surface area contributed by atoms with Crippen LogP contribution >= 0.6 is 0 Å². The van der Waals surface area contributed by atoms with Crippen LogP contribution in [-0.4, -0.2) is 34.7 Å². The van der Waals surface area contributed by atoms with Crippen LogP contribution in [0.15, 0.2) is 71.5 Å². The van der Waals surface area contributed by atoms with Gasteiger partial charge in [-0.05, 0) is 35.9 Å². The molecule has 0 spiro atoms. The molecule has 2 N–H and O–H groups in total. The Morgan fingerprint density at radius 1 is 1.00 bits per heavy atom. The highest BCUT2D eigenvalue weighted by molar-refractivity contribution is 6.02. The summed E-state index contributed by atoms with van der Waals surface area (Å²) >= 11 is 0. The average molecular weight is 406 g/mol. The Morgan fingerprint density at radius 3 is 2.43 bits per heavy atom. The summed E-state index contributed by atoms with van der Waals surface area (Å²) in [6, 6.07) is 19.0. The number of ether oxygens (including phenoxy) is 1. The van der Waals surface area contributed by atoms with E-state index in [0.29, 0.717) is 24.6 Å². The third-order valence-corrected chi connectivity index (χ3v) is 4.13. The lowest BCUT2D eigenvalue weighted by atomic mass is 10.2. The molecule has 0 aliphatic rings. The van der Waals surface area contributed by atoms with Crippen molar-refractivity contribution >= 4 is 17.5 Å². The van der Waals surface area contributed by atoms with Gasteiger partial charge in [0, 0.05) is 18.7 Å². The quantitative estimate of drug-likeness (QED) is 0.558. The highest BCUT2D eigenvalue weighted by Gasteiger charge is 2.10. The number of aromatic nitrogens is 2. The zero-order chi connectivity index (χ0) is 21.3. The number of hydrogen-bond donors (Lipinski definition) is 2. The van der Waals surface area contributed by atoms with Crippen LogP contribution < -0.4 is 20.9 Å². The van der Waals surface area contributed by atoms with Crippen LogP contribution in [0.5, 0.6) is 5.75 Å². The molecule has 30 heavy (non-hydrogen) atoms. The van der Waals surface area contributed by atoms with E-state index in [-0.39, 0.29) is 23.7 Å². The number of nitrogens with zero attached hydrogens (tertiary/aromatic N) is 2. The molecular weight excluding hydrogens is 384 g/mol. The van der Waals surface area contributed by atoms with Gasteiger partial charge in [0.05, 0.1) is 13.1 Å². The normalized spacial score (nSPS) is 10.3. The standard InChI is InChI=1S/C22H22N4O4/c1-16(27)23-13-14-30-19-9-7-18(8-10-19)24-22(29)20-11-12-21(28)26(25-20)15-17-5-3-2-4-6-17/h2-12H,13-15H2,1H3,(H,23,27)(H,24,29). The van der Waals surface area contributed by atoms with Gasteiger partial charge in [-0.15, -0.1) is 0 Å². The minimum atomic E-state index is -0.420. The molecule has 0 radical (unpaired) electrons. The topological polar surface area (TPSA) is 102 Å². The van der Waals surface area contributed by atoms with Crippen molar-refractivity contribution in [1.82, 2.24) is 15.1 Å². The van der Waals surface area contributed by atoms with Crippen molar-refractivity contribution in [3.63, 3.8) is 0 Å². The number of benzene rings is 2. The second kappa shape index (κ2) is 10.0. The summed E-state index contributed by atoms with van der Waals surface area (Å²) in [5.74, 6) is 0.0874. The number of carbonyl (C=O) groups is 2. The molecule has 0 aliphatic heterocycles. The molecule has 0 aliphatic carbocycles. The number of amides is 2. The van der Waals surface area contributed by atoms with E-state index in [1.54, 1.807) is 24.3 Å². The van der Waals surface area contributed by atoms with Crippen molar-refractivity contribution in [2.75, 3.05) is 18.5 Å². The first-order valence-corrected chi connectivity index (χ1v) is 9.42. The van der Waals surface area contributed by atoms with E-state index in [9.17, 15) is 14.4 Å². The van der Waals surface area contributed by atoms with E-state index in [1.165, 1.54) is 23.7 Å². The Hall–Kier alpha value is -3.94. The first kappa shape index (κ1) is 20.8. The van der Waals surface area contributed by atoms with E-state index < -0.39 is 5.91 Å². The summed E-state index contributed by atoms with van der Waals surface area (Å²) in [7, 11) is 0. The van der Waals surface area contributed by atoms with Gasteiger partial charge in [-0.1, -0.05) is 30.3 Å². The summed E-state index contributed by atoms with van der Waals surface area (Å²) in [4.78, 5) is 35.4. The average Bonchev–Trinajstić information content (AvgIpc) is 2.74. The number of anilines is 1. The molecule has 1 heterocycles. The number of nitrogens with one attached hydrogen (secondary N) is 2. The minimum Gasteiger partial charge on any atom is -0.492 e. The van der Waals surface area contributed by atoms with E-state index in [4.69, 9.17) is 4.74 Å². The van der Waals surface area contributed by atoms with E-state index in [2.05, 4.69) is 15.7 Å². The molecule has 0 unspecified atom stereocenters. The van der Waals surface area contributed by atoms with Crippen LogP contribution in [0.1, 0.15) is 23.0 Å². The Labute approximate surface area is 173 Å². The van der Waals surface area contributed by atoms with Crippen molar-refractivity contribution in [3.8, 4) is 5.75 Å². The predicted octanol–water partition coefficient (Wildman–Crippen LogP) is 2.06. The number of carbonyl (C=O) groups excluding carboxylic acids is 2. The molecule has 3 aromatic rings. The minimum absolute atomic E-state index is 0.111. The van der Waals surface area contributed by atoms with Crippen LogP contribution in [0.3, 0.4) is 0 Å². The van der Waals surface area contributed by atoms with Crippen LogP contribution in [0.4, 0.5) is 5.69 Å². The molecule has 0 bridgehead atoms. The van der Waals surface area contributed by atoms with Gasteiger partial charge >= 0.3 is 0 Å². The van der Waals surface area contributed by atoms with Gasteiger partial charge in [-0.25, -0.2) is 4.68 Å². The lowest BCUT2D eigenvalue weighted by Gasteiger charge is -2.09. The van der Waals surface area contributed by atoms with E-state index >= 15 is 0 Å². The van der Waals surface area contributed by atoms with Crippen molar-refractivity contribution < 1.29 is 14.3 Å². The summed E-state index contributed by atoms with van der Waals surface area (Å²) < 4.78 is 6.77. The lowest BCUT2D eigenvalue weighted by Crippen LogP contribution is -2.26. The monoisotopic (exact) mass is 406 g/mol. The fraction of sp³-hybridized carbons (Fsp3) is 0.182. The van der Waals surface area contributed by atoms with Crippen LogP contribution in [0.2, 0.25) is 0 Å². The van der Waals surface area contributed by atoms with Crippen molar-refractivity contribution in [1.29, 1.82) is 0 Å². The summed E-state index contributed by atoms with van der Waals surface area (Å²) in [6.45, 7) is 2.49. The summed E-state index contributed by atoms with van der Waals surface area (Å²) in [5.41, 5.74) is 1.34. The molecule has 3 rings (SSSR count). The van der Waals surface area contributed by atoms with Crippen LogP contribution in [-0.2, 0) is 11.3 Å². The van der Waals surface area contributed by atoms with Crippen LogP contribution in [0, 0.1) is 0 Å². The third kappa shape index (κ3) is 6.03. The fourth-order valence-corrected chi connectivity index (χ4v) is 2.67. The highest BCUT2D eigenvalue weighted by atomic mass is 16.5. The largest absolute Gasteiger partial charge is 0.492 e. The van der Waals surface area contributed by atoms with Gasteiger partial charge in [0.1, 0.15) is 18.1 Å². The number of hydrogen-bond acceptors (Lipinski definition) is 5. The second-order valence-corrected chi connectivity index (χ2v) is 6.51. The molecule has 8 nitrogen and oxygen atoms in total. The molecule has 8 heteroatoms. The molecule has 2 aromatic carbocycles. The van der Waals surface area contributed by atoms with Gasteiger partial charge in [0.15, 0.2) is 0 Å². The maximum atomic E-state index is 12.5. The van der Waals surface area contributed by atoms with Gasteiger partial charge in [-0.2, -0.15) is 5.10 Å². The zero-order valence-electron chi connectivity index (χ0n) is 16.5. The van der Waals surface area contributed by atoms with Gasteiger partial charge in [0.25, 0.3) is 11.5 Å². The molecule has 1 aromatic heterocycles. The molecule has 154 valence electrons. The first-order valence-electron chi connectivity index (χ1n) is 9.42. The third-order valence-electron chi connectivity index (χ3n) is 4.13. The Morgan fingerprint density at radius 2 is 1.73 bits per heavy atom. The molecule has 0 fully saturated rings. The Bertz CT molecular complexity index is 1060. The van der Waals surface area contributed by atoms with Gasteiger partial charge in [-0.3, -0.25) is 14.4 Å². The van der Waals surface area contributed by atoms with Crippen molar-refractivity contribution in [2.45, 2.75) is 13.5 Å². The maximum Gasteiger partial charge on any atom is 0.276 e. The second-order valence-electron chi connectivity index (χ2n) is 6.51. The highest BCUT2D eigenvalue weighted by Crippen LogP contribution is 2.16. The Kier molecular flexibility index (Phi) is 6.94. The fourth-order valence-electron chi connectivity index (χ4n) is 2.67. The summed E-state index contributed by atoms with van der Waals surface area (Å²) in [6.07, 6.45) is 0. The molecule has 0 saturated heterocycles. The van der Waals surface area contributed by atoms with E-state index in [0.717, 1.165) is 5.56 Å². The summed E-state index contributed by atoms with van der Waals surface area (Å²) in [5, 5.41) is 9.57. The molecule has 0 saturated carbocycles. The Balaban J connectivity index is 1.61. The van der Waals surface area contributed by atoms with Gasteiger partial charge < -0.3 is 15.4 Å². The number of rotatable bonds is 8. The van der Waals surface area contributed by atoms with Crippen molar-refractivity contribution in [3.05, 3.63) is 88.3 Å². The van der Waals surface area contributed by atoms with Crippen LogP contribution in [0.25, 0.3) is 0 Å². The SMILES string of the molecule is CC(=O)NCCOc1ccc(NC(=O)c2ccc(=O)n(Cc3ccccc3)n2)cc1. The molecule has 0 atom stereocenters. The predicted molar refractivity (Wildman–Crippen MR) is 113 cm³/mol. The maximum absolute atomic E-state index is 12.5.